The summed E-state index contributed by atoms with van der Waals surface area (Å²) in [5.41, 5.74) is 1.40. The summed E-state index contributed by atoms with van der Waals surface area (Å²) in [4.78, 5) is 2.56. The predicted molar refractivity (Wildman–Crippen MR) is 86.2 cm³/mol. The van der Waals surface area contributed by atoms with Crippen molar-refractivity contribution >= 4 is 0 Å². The number of likely N-dealkylation sites (tertiary alicyclic amines) is 1. The van der Waals surface area contributed by atoms with Gasteiger partial charge in [-0.1, -0.05) is 43.2 Å². The smallest absolute Gasteiger partial charge is 0.0693 e. The number of aliphatic hydroxyl groups is 1. The molecule has 0 unspecified atom stereocenters. The lowest BCUT2D eigenvalue weighted by molar-refractivity contribution is 0.0848. The van der Waals surface area contributed by atoms with Gasteiger partial charge in [-0.05, 0) is 31.7 Å². The van der Waals surface area contributed by atoms with Crippen molar-refractivity contribution in [3.05, 3.63) is 35.9 Å². The Kier molecular flexibility index (Phi) is 4.94. The van der Waals surface area contributed by atoms with Gasteiger partial charge in [-0.2, -0.15) is 0 Å². The van der Waals surface area contributed by atoms with Gasteiger partial charge in [0.15, 0.2) is 0 Å². The first-order valence-corrected chi connectivity index (χ1v) is 8.47. The normalized spacial score (nSPS) is 32.2. The van der Waals surface area contributed by atoms with Gasteiger partial charge < -0.3 is 10.4 Å². The van der Waals surface area contributed by atoms with Gasteiger partial charge >= 0.3 is 0 Å². The quantitative estimate of drug-likeness (QED) is 0.894. The molecule has 2 N–H and O–H groups in total. The van der Waals surface area contributed by atoms with Crippen molar-refractivity contribution in [3.63, 3.8) is 0 Å². The Morgan fingerprint density at radius 3 is 2.67 bits per heavy atom. The van der Waals surface area contributed by atoms with Crippen LogP contribution in [-0.4, -0.2) is 41.3 Å². The first-order valence-electron chi connectivity index (χ1n) is 8.47. The second-order valence-corrected chi connectivity index (χ2v) is 6.69. The molecule has 116 valence electrons. The number of hydrogen-bond donors (Lipinski definition) is 2. The Morgan fingerprint density at radius 1 is 1.14 bits per heavy atom. The van der Waals surface area contributed by atoms with Crippen LogP contribution in [0.25, 0.3) is 0 Å². The van der Waals surface area contributed by atoms with Crippen LogP contribution in [0.4, 0.5) is 0 Å². The number of hydrogen-bond acceptors (Lipinski definition) is 3. The molecular formula is C18H28N2O. The van der Waals surface area contributed by atoms with Crippen molar-refractivity contribution in [2.45, 2.75) is 63.3 Å². The first-order chi connectivity index (χ1) is 10.2. The summed E-state index contributed by atoms with van der Waals surface area (Å²) in [5, 5.41) is 13.8. The molecular weight excluding hydrogens is 260 g/mol. The third-order valence-corrected chi connectivity index (χ3v) is 5.23. The molecule has 3 heteroatoms. The van der Waals surface area contributed by atoms with Gasteiger partial charge in [-0.25, -0.2) is 0 Å². The van der Waals surface area contributed by atoms with Gasteiger partial charge in [0.1, 0.15) is 0 Å². The molecule has 0 radical (unpaired) electrons. The second kappa shape index (κ2) is 6.91. The standard InChI is InChI=1S/C18H28N2O/c1-14(15-7-3-2-4-8-15)20-12-11-16(13-20)19-17-9-5-6-10-18(17)21/h2-4,7-8,14,16-19,21H,5-6,9-13H2,1H3/t14-,16+,17-,18-/m1/s1. The fourth-order valence-electron chi connectivity index (χ4n) is 3.83. The van der Waals surface area contributed by atoms with Crippen molar-refractivity contribution in [2.24, 2.45) is 0 Å². The molecule has 1 aliphatic carbocycles. The van der Waals surface area contributed by atoms with Gasteiger partial charge in [-0.15, -0.1) is 0 Å². The van der Waals surface area contributed by atoms with Crippen LogP contribution in [-0.2, 0) is 0 Å². The second-order valence-electron chi connectivity index (χ2n) is 6.69. The fraction of sp³-hybridized carbons (Fsp3) is 0.667. The molecule has 1 aliphatic heterocycles. The molecule has 0 bridgehead atoms. The lowest BCUT2D eigenvalue weighted by Crippen LogP contribution is -2.48. The van der Waals surface area contributed by atoms with Gasteiger partial charge in [0.25, 0.3) is 0 Å². The topological polar surface area (TPSA) is 35.5 Å². The van der Waals surface area contributed by atoms with E-state index in [0.29, 0.717) is 18.1 Å². The van der Waals surface area contributed by atoms with E-state index >= 15 is 0 Å². The third kappa shape index (κ3) is 3.65. The van der Waals surface area contributed by atoms with Crippen LogP contribution in [0.5, 0.6) is 0 Å². The molecule has 2 aliphatic rings. The average Bonchev–Trinajstić information content (AvgIpc) is 2.98. The number of aliphatic hydroxyl groups excluding tert-OH is 1. The lowest BCUT2D eigenvalue weighted by Gasteiger charge is -2.31. The number of nitrogens with one attached hydrogen (secondary N) is 1. The summed E-state index contributed by atoms with van der Waals surface area (Å²) in [6.07, 6.45) is 5.59. The van der Waals surface area contributed by atoms with Crippen LogP contribution in [0.15, 0.2) is 30.3 Å². The zero-order valence-electron chi connectivity index (χ0n) is 13.0. The van der Waals surface area contributed by atoms with Crippen molar-refractivity contribution in [3.8, 4) is 0 Å². The summed E-state index contributed by atoms with van der Waals surface area (Å²) in [6.45, 7) is 4.54. The van der Waals surface area contributed by atoms with Crippen LogP contribution < -0.4 is 5.32 Å². The van der Waals surface area contributed by atoms with Crippen LogP contribution in [0.2, 0.25) is 0 Å². The summed E-state index contributed by atoms with van der Waals surface area (Å²) in [6, 6.07) is 12.1. The maximum atomic E-state index is 10.1. The van der Waals surface area contributed by atoms with E-state index in [4.69, 9.17) is 0 Å². The SMILES string of the molecule is C[C@H](c1ccccc1)N1CC[C@H](N[C@@H]2CCCC[C@H]2O)C1. The van der Waals surface area contributed by atoms with Crippen LogP contribution in [0, 0.1) is 0 Å². The first kappa shape index (κ1) is 15.0. The minimum atomic E-state index is -0.139. The molecule has 1 heterocycles. The van der Waals surface area contributed by atoms with Crippen LogP contribution >= 0.6 is 0 Å². The highest BCUT2D eigenvalue weighted by Crippen LogP contribution is 2.26. The van der Waals surface area contributed by atoms with Crippen molar-refractivity contribution in [1.29, 1.82) is 0 Å². The highest BCUT2D eigenvalue weighted by atomic mass is 16.3. The highest BCUT2D eigenvalue weighted by molar-refractivity contribution is 5.18. The summed E-state index contributed by atoms with van der Waals surface area (Å²) in [7, 11) is 0. The summed E-state index contributed by atoms with van der Waals surface area (Å²) < 4.78 is 0. The zero-order valence-corrected chi connectivity index (χ0v) is 13.0. The Bertz CT molecular complexity index is 436. The molecule has 4 atom stereocenters. The molecule has 1 aromatic carbocycles. The van der Waals surface area contributed by atoms with Crippen LogP contribution in [0.3, 0.4) is 0 Å². The molecule has 3 rings (SSSR count). The molecule has 0 aromatic heterocycles. The Morgan fingerprint density at radius 2 is 1.90 bits per heavy atom. The summed E-state index contributed by atoms with van der Waals surface area (Å²) >= 11 is 0. The molecule has 0 spiro atoms. The van der Waals surface area contributed by atoms with Gasteiger partial charge in [0.2, 0.25) is 0 Å². The Labute approximate surface area is 128 Å². The maximum Gasteiger partial charge on any atom is 0.0693 e. The predicted octanol–water partition coefficient (Wildman–Crippen LogP) is 2.72. The van der Waals surface area contributed by atoms with E-state index in [2.05, 4.69) is 47.5 Å². The number of benzene rings is 1. The molecule has 2 fully saturated rings. The van der Waals surface area contributed by atoms with E-state index in [0.717, 1.165) is 25.9 Å². The number of rotatable bonds is 4. The Balaban J connectivity index is 1.53. The third-order valence-electron chi connectivity index (χ3n) is 5.23. The molecule has 1 aromatic rings. The minimum Gasteiger partial charge on any atom is -0.392 e. The largest absolute Gasteiger partial charge is 0.392 e. The van der Waals surface area contributed by atoms with Gasteiger partial charge in [0, 0.05) is 31.2 Å². The molecule has 1 saturated carbocycles. The zero-order chi connectivity index (χ0) is 14.7. The van der Waals surface area contributed by atoms with E-state index < -0.39 is 0 Å². The maximum absolute atomic E-state index is 10.1. The van der Waals surface area contributed by atoms with E-state index in [-0.39, 0.29) is 6.10 Å². The summed E-state index contributed by atoms with van der Waals surface area (Å²) in [5.74, 6) is 0. The lowest BCUT2D eigenvalue weighted by atomic mass is 9.92. The van der Waals surface area contributed by atoms with Crippen LogP contribution in [0.1, 0.15) is 50.6 Å². The van der Waals surface area contributed by atoms with Crippen molar-refractivity contribution in [2.75, 3.05) is 13.1 Å². The average molecular weight is 288 g/mol. The molecule has 21 heavy (non-hydrogen) atoms. The van der Waals surface area contributed by atoms with Crippen molar-refractivity contribution in [1.82, 2.24) is 10.2 Å². The van der Waals surface area contributed by atoms with Gasteiger partial charge in [0.05, 0.1) is 6.10 Å². The van der Waals surface area contributed by atoms with E-state index in [1.165, 1.54) is 24.8 Å². The fourth-order valence-corrected chi connectivity index (χ4v) is 3.83. The number of nitrogens with zero attached hydrogens (tertiary/aromatic N) is 1. The highest BCUT2D eigenvalue weighted by Gasteiger charge is 2.31. The molecule has 3 nitrogen and oxygen atoms in total. The minimum absolute atomic E-state index is 0.139. The van der Waals surface area contributed by atoms with E-state index in [1.807, 2.05) is 0 Å². The van der Waals surface area contributed by atoms with E-state index in [1.54, 1.807) is 0 Å². The monoisotopic (exact) mass is 288 g/mol. The molecule has 1 saturated heterocycles. The Hall–Kier alpha value is -0.900. The van der Waals surface area contributed by atoms with Gasteiger partial charge in [-0.3, -0.25) is 4.90 Å². The van der Waals surface area contributed by atoms with Crippen molar-refractivity contribution < 1.29 is 5.11 Å². The van der Waals surface area contributed by atoms with E-state index in [9.17, 15) is 5.11 Å². The molecule has 0 amide bonds.